The molecule has 0 radical (unpaired) electrons. The molecule has 1 fully saturated rings. The number of esters is 1. The molecule has 0 N–H and O–H groups in total. The van der Waals surface area contributed by atoms with E-state index in [9.17, 15) is 14.4 Å². The van der Waals surface area contributed by atoms with Crippen molar-refractivity contribution in [2.24, 2.45) is 4.99 Å². The molecule has 1 saturated heterocycles. The Hall–Kier alpha value is -2.82. The van der Waals surface area contributed by atoms with Gasteiger partial charge in [0, 0.05) is 50.9 Å². The number of hydrogen-bond acceptors (Lipinski definition) is 8. The van der Waals surface area contributed by atoms with Gasteiger partial charge in [-0.25, -0.2) is 9.79 Å². The van der Waals surface area contributed by atoms with Crippen molar-refractivity contribution in [3.63, 3.8) is 0 Å². The molecule has 1 aromatic rings. The fourth-order valence-electron chi connectivity index (χ4n) is 4.45. The predicted molar refractivity (Wildman–Crippen MR) is 138 cm³/mol. The maximum atomic E-state index is 13.2. The smallest absolute Gasteiger partial charge is 0.338 e. The predicted octanol–water partition coefficient (Wildman–Crippen LogP) is 3.19. The van der Waals surface area contributed by atoms with E-state index >= 15 is 0 Å². The Bertz CT molecular complexity index is 1140. The van der Waals surface area contributed by atoms with Crippen molar-refractivity contribution in [3.8, 4) is 0 Å². The van der Waals surface area contributed by atoms with Crippen LogP contribution in [0.15, 0.2) is 51.6 Å². The van der Waals surface area contributed by atoms with Gasteiger partial charge in [0.25, 0.3) is 0 Å². The van der Waals surface area contributed by atoms with Gasteiger partial charge in [0.2, 0.25) is 11.8 Å². The van der Waals surface area contributed by atoms with E-state index in [4.69, 9.17) is 21.1 Å². The van der Waals surface area contributed by atoms with E-state index in [-0.39, 0.29) is 31.4 Å². The number of carbonyl (C=O) groups is 3. The van der Waals surface area contributed by atoms with Crippen LogP contribution in [-0.2, 0) is 23.9 Å². The molecule has 192 valence electrons. The number of allylic oxidation sites excluding steroid dienone is 1. The number of halogens is 1. The highest BCUT2D eigenvalue weighted by molar-refractivity contribution is 8.16. The zero-order valence-corrected chi connectivity index (χ0v) is 22.1. The zero-order valence-electron chi connectivity index (χ0n) is 20.5. The van der Waals surface area contributed by atoms with Crippen LogP contribution in [0.3, 0.4) is 0 Å². The van der Waals surface area contributed by atoms with Crippen molar-refractivity contribution in [2.45, 2.75) is 26.3 Å². The first-order valence-electron chi connectivity index (χ1n) is 11.7. The van der Waals surface area contributed by atoms with Crippen molar-refractivity contribution in [1.82, 2.24) is 14.7 Å². The molecule has 9 nitrogen and oxygen atoms in total. The van der Waals surface area contributed by atoms with Crippen LogP contribution in [-0.4, -0.2) is 84.2 Å². The van der Waals surface area contributed by atoms with Crippen LogP contribution >= 0.6 is 23.4 Å². The lowest BCUT2D eigenvalue weighted by Crippen LogP contribution is -2.50. The molecule has 0 bridgehead atoms. The third-order valence-electron chi connectivity index (χ3n) is 6.35. The third kappa shape index (κ3) is 5.45. The number of nitrogens with zero attached hydrogens (tertiary/aromatic N) is 4. The molecule has 0 saturated carbocycles. The number of fused-ring (bicyclic) bond motifs is 1. The maximum absolute atomic E-state index is 13.2. The fraction of sp³-hybridized carbons (Fsp3) is 0.440. The standard InChI is InChI=1S/C25H29ClN4O5S/c1-16-22(24(33)35-13-12-34-3)23(19-6-4-5-7-20(19)26)30-18(15-36-25(30)27-16)14-21(32)29-10-8-28(9-11-29)17(2)31/h4-7,15,23H,8-14H2,1-3H3. The molecule has 1 aromatic carbocycles. The number of thioether (sulfide) groups is 1. The van der Waals surface area contributed by atoms with E-state index in [1.807, 2.05) is 28.5 Å². The van der Waals surface area contributed by atoms with Crippen LogP contribution in [0.2, 0.25) is 5.02 Å². The molecule has 0 spiro atoms. The van der Waals surface area contributed by atoms with Gasteiger partial charge in [-0.3, -0.25) is 9.59 Å². The van der Waals surface area contributed by atoms with Crippen LogP contribution in [0.25, 0.3) is 0 Å². The number of rotatable bonds is 7. The highest BCUT2D eigenvalue weighted by Crippen LogP contribution is 2.46. The molecule has 2 amide bonds. The van der Waals surface area contributed by atoms with Crippen LogP contribution < -0.4 is 0 Å². The van der Waals surface area contributed by atoms with Crippen LogP contribution in [0.4, 0.5) is 0 Å². The zero-order chi connectivity index (χ0) is 25.8. The second kappa shape index (κ2) is 11.5. The number of piperazine rings is 1. The number of amidine groups is 1. The van der Waals surface area contributed by atoms with Crippen molar-refractivity contribution in [2.75, 3.05) is 46.5 Å². The Morgan fingerprint density at radius 2 is 1.81 bits per heavy atom. The maximum Gasteiger partial charge on any atom is 0.338 e. The SMILES string of the molecule is COCCOC(=O)C1=C(C)N=C2SC=C(CC(=O)N3CCN(C(C)=O)CC3)N2C1c1ccccc1Cl. The number of aliphatic imine (C=N–C) groups is 1. The highest BCUT2D eigenvalue weighted by Gasteiger charge is 2.42. The van der Waals surface area contributed by atoms with Gasteiger partial charge in [-0.1, -0.05) is 41.6 Å². The molecule has 3 aliphatic rings. The topological polar surface area (TPSA) is 91.7 Å². The van der Waals surface area contributed by atoms with Crippen molar-refractivity contribution in [3.05, 3.63) is 57.2 Å². The minimum absolute atomic E-state index is 0.0147. The average molecular weight is 533 g/mol. The van der Waals surface area contributed by atoms with Crippen molar-refractivity contribution >= 4 is 46.3 Å². The number of amides is 2. The summed E-state index contributed by atoms with van der Waals surface area (Å²) in [6, 6.07) is 6.75. The summed E-state index contributed by atoms with van der Waals surface area (Å²) in [5.74, 6) is -0.527. The lowest BCUT2D eigenvalue weighted by atomic mass is 9.93. The van der Waals surface area contributed by atoms with Gasteiger partial charge in [-0.2, -0.15) is 0 Å². The van der Waals surface area contributed by atoms with Gasteiger partial charge < -0.3 is 24.2 Å². The Labute approximate surface area is 219 Å². The molecule has 1 atom stereocenters. The number of hydrogen-bond donors (Lipinski definition) is 0. The van der Waals surface area contributed by atoms with E-state index in [2.05, 4.69) is 4.99 Å². The molecule has 11 heteroatoms. The first kappa shape index (κ1) is 26.2. The second-order valence-corrected chi connectivity index (χ2v) is 9.85. The number of ether oxygens (including phenoxy) is 2. The summed E-state index contributed by atoms with van der Waals surface area (Å²) >= 11 is 8.02. The van der Waals surface area contributed by atoms with Crippen LogP contribution in [0.1, 0.15) is 31.9 Å². The Morgan fingerprint density at radius 1 is 1.11 bits per heavy atom. The van der Waals surface area contributed by atoms with Gasteiger partial charge in [-0.15, -0.1) is 0 Å². The Balaban J connectivity index is 1.61. The van der Waals surface area contributed by atoms with E-state index in [0.717, 1.165) is 11.3 Å². The normalized spacial score (nSPS) is 19.7. The molecule has 36 heavy (non-hydrogen) atoms. The van der Waals surface area contributed by atoms with Gasteiger partial charge >= 0.3 is 5.97 Å². The molecule has 1 unspecified atom stereocenters. The minimum atomic E-state index is -0.593. The highest BCUT2D eigenvalue weighted by atomic mass is 35.5. The number of methoxy groups -OCH3 is 1. The number of carbonyl (C=O) groups excluding carboxylic acids is 3. The molecule has 0 aromatic heterocycles. The van der Waals surface area contributed by atoms with E-state index in [1.165, 1.54) is 25.8 Å². The van der Waals surface area contributed by atoms with E-state index in [0.29, 0.717) is 47.6 Å². The lowest BCUT2D eigenvalue weighted by molar-refractivity contribution is -0.141. The molecule has 0 aliphatic carbocycles. The first-order chi connectivity index (χ1) is 17.3. The van der Waals surface area contributed by atoms with Gasteiger partial charge in [0.1, 0.15) is 6.61 Å². The van der Waals surface area contributed by atoms with E-state index < -0.39 is 12.0 Å². The van der Waals surface area contributed by atoms with Gasteiger partial charge in [0.05, 0.1) is 30.3 Å². The molecule has 4 rings (SSSR count). The van der Waals surface area contributed by atoms with Crippen LogP contribution in [0.5, 0.6) is 0 Å². The molecule has 3 heterocycles. The molecular weight excluding hydrogens is 504 g/mol. The Morgan fingerprint density at radius 3 is 2.47 bits per heavy atom. The summed E-state index contributed by atoms with van der Waals surface area (Å²) in [5.41, 5.74) is 2.37. The largest absolute Gasteiger partial charge is 0.460 e. The first-order valence-corrected chi connectivity index (χ1v) is 13.0. The summed E-state index contributed by atoms with van der Waals surface area (Å²) in [5, 5.41) is 3.08. The van der Waals surface area contributed by atoms with Crippen molar-refractivity contribution in [1.29, 1.82) is 0 Å². The summed E-state index contributed by atoms with van der Waals surface area (Å²) in [7, 11) is 1.54. The quantitative estimate of drug-likeness (QED) is 0.393. The Kier molecular flexibility index (Phi) is 8.38. The van der Waals surface area contributed by atoms with Gasteiger partial charge in [0.15, 0.2) is 5.17 Å². The molecular formula is C25H29ClN4O5S. The average Bonchev–Trinajstić information content (AvgIpc) is 3.25. The summed E-state index contributed by atoms with van der Waals surface area (Å²) < 4.78 is 10.5. The van der Waals surface area contributed by atoms with E-state index in [1.54, 1.807) is 22.8 Å². The number of benzene rings is 1. The van der Waals surface area contributed by atoms with Gasteiger partial charge in [-0.05, 0) is 24.0 Å². The lowest BCUT2D eigenvalue weighted by Gasteiger charge is -2.38. The summed E-state index contributed by atoms with van der Waals surface area (Å²) in [4.78, 5) is 48.2. The third-order valence-corrected chi connectivity index (χ3v) is 7.58. The minimum Gasteiger partial charge on any atom is -0.460 e. The summed E-state index contributed by atoms with van der Waals surface area (Å²) in [6.45, 7) is 5.73. The second-order valence-electron chi connectivity index (χ2n) is 8.61. The van der Waals surface area contributed by atoms with Crippen LogP contribution in [0, 0.1) is 0 Å². The fourth-order valence-corrected chi connectivity index (χ4v) is 5.66. The molecule has 3 aliphatic heterocycles. The summed E-state index contributed by atoms with van der Waals surface area (Å²) in [6.07, 6.45) is 0.137. The monoisotopic (exact) mass is 532 g/mol. The van der Waals surface area contributed by atoms with Crippen molar-refractivity contribution < 1.29 is 23.9 Å².